The molecule has 0 bridgehead atoms. The van der Waals surface area contributed by atoms with Crippen LogP contribution in [0.15, 0.2) is 85.1 Å². The van der Waals surface area contributed by atoms with Crippen LogP contribution in [0.1, 0.15) is 28.2 Å². The van der Waals surface area contributed by atoms with Crippen LogP contribution in [0.25, 0.3) is 0 Å². The number of aryl methyl sites for hydroxylation is 2. The van der Waals surface area contributed by atoms with Gasteiger partial charge in [0.05, 0.1) is 4.92 Å². The van der Waals surface area contributed by atoms with Gasteiger partial charge in [-0.05, 0) is 42.7 Å². The lowest BCUT2D eigenvalue weighted by atomic mass is 9.32. The Kier molecular flexibility index (Phi) is 6.82. The SMILES string of the molecule is Cc1ccc(B(c2ccc(C)c(Cl)c2)C(c2ccccc2)c2cc([N+](=O)[O-])ccn2)cc1Cl. The van der Waals surface area contributed by atoms with Crippen LogP contribution in [-0.2, 0) is 0 Å². The van der Waals surface area contributed by atoms with E-state index in [9.17, 15) is 10.1 Å². The van der Waals surface area contributed by atoms with Gasteiger partial charge < -0.3 is 0 Å². The molecule has 0 spiro atoms. The molecule has 0 amide bonds. The average molecular weight is 475 g/mol. The van der Waals surface area contributed by atoms with E-state index in [1.807, 2.05) is 80.6 Å². The fraction of sp³-hybridized carbons (Fsp3) is 0.115. The summed E-state index contributed by atoms with van der Waals surface area (Å²) in [5.41, 5.74) is 5.51. The predicted molar refractivity (Wildman–Crippen MR) is 137 cm³/mol. The number of pyridine rings is 1. The number of hydrogen-bond donors (Lipinski definition) is 0. The highest BCUT2D eigenvalue weighted by atomic mass is 35.5. The molecule has 0 aliphatic heterocycles. The highest BCUT2D eigenvalue weighted by Crippen LogP contribution is 2.29. The second-order valence-corrected chi connectivity index (χ2v) is 8.89. The molecule has 1 aromatic heterocycles. The van der Waals surface area contributed by atoms with Gasteiger partial charge in [-0.15, -0.1) is 0 Å². The normalized spacial score (nSPS) is 11.8. The predicted octanol–water partition coefficient (Wildman–Crippen LogP) is 5.89. The molecule has 1 heterocycles. The Morgan fingerprint density at radius 1 is 0.848 bits per heavy atom. The van der Waals surface area contributed by atoms with E-state index in [0.29, 0.717) is 15.7 Å². The Morgan fingerprint density at radius 3 is 1.94 bits per heavy atom. The van der Waals surface area contributed by atoms with Crippen LogP contribution in [0.4, 0.5) is 5.69 Å². The standard InChI is InChI=1S/C26H21BCl2N2O2/c1-17-8-10-20(14-23(17)28)27(21-11-9-18(2)24(29)15-21)26(19-6-4-3-5-7-19)25-16-22(31(32)33)12-13-30-25/h3-16,26H,1-2H3. The summed E-state index contributed by atoms with van der Waals surface area (Å²) >= 11 is 13.1. The van der Waals surface area contributed by atoms with Gasteiger partial charge in [0.25, 0.3) is 5.69 Å². The summed E-state index contributed by atoms with van der Waals surface area (Å²) in [6.07, 6.45) is 1.49. The van der Waals surface area contributed by atoms with Crippen LogP contribution < -0.4 is 10.9 Å². The molecular formula is C26H21BCl2N2O2. The first-order chi connectivity index (χ1) is 15.8. The Bertz CT molecular complexity index is 1260. The van der Waals surface area contributed by atoms with Crippen LogP contribution in [0.3, 0.4) is 0 Å². The summed E-state index contributed by atoms with van der Waals surface area (Å²) < 4.78 is 0. The number of benzene rings is 3. The Labute approximate surface area is 203 Å². The topological polar surface area (TPSA) is 56.0 Å². The third kappa shape index (κ3) is 4.95. The Morgan fingerprint density at radius 2 is 1.42 bits per heavy atom. The van der Waals surface area contributed by atoms with E-state index in [2.05, 4.69) is 4.98 Å². The highest BCUT2D eigenvalue weighted by Gasteiger charge is 2.34. The number of nitro groups is 1. The van der Waals surface area contributed by atoms with Gasteiger partial charge in [0.2, 0.25) is 6.71 Å². The number of nitrogens with zero attached hydrogens (tertiary/aromatic N) is 2. The van der Waals surface area contributed by atoms with Crippen molar-refractivity contribution >= 4 is 46.5 Å². The lowest BCUT2D eigenvalue weighted by molar-refractivity contribution is -0.385. The molecule has 0 fully saturated rings. The number of hydrogen-bond acceptors (Lipinski definition) is 3. The van der Waals surface area contributed by atoms with Gasteiger partial charge in [0.15, 0.2) is 0 Å². The van der Waals surface area contributed by atoms with Gasteiger partial charge in [0.1, 0.15) is 0 Å². The van der Waals surface area contributed by atoms with Crippen molar-refractivity contribution in [3.8, 4) is 0 Å². The molecule has 0 saturated carbocycles. The first-order valence-electron chi connectivity index (χ1n) is 10.5. The monoisotopic (exact) mass is 474 g/mol. The summed E-state index contributed by atoms with van der Waals surface area (Å²) in [6, 6.07) is 24.9. The van der Waals surface area contributed by atoms with Gasteiger partial charge in [0, 0.05) is 39.9 Å². The molecule has 164 valence electrons. The maximum Gasteiger partial charge on any atom is 0.272 e. The Balaban J connectivity index is 2.00. The summed E-state index contributed by atoms with van der Waals surface area (Å²) in [6.45, 7) is 3.69. The number of halogens is 2. The minimum Gasteiger partial charge on any atom is -0.261 e. The van der Waals surface area contributed by atoms with E-state index in [1.54, 1.807) is 6.07 Å². The molecule has 0 aliphatic carbocycles. The Hall–Kier alpha value is -3.15. The summed E-state index contributed by atoms with van der Waals surface area (Å²) in [5, 5.41) is 12.9. The van der Waals surface area contributed by atoms with Crippen LogP contribution in [0, 0.1) is 24.0 Å². The minimum absolute atomic E-state index is 0.00329. The van der Waals surface area contributed by atoms with E-state index in [4.69, 9.17) is 23.2 Å². The molecular weight excluding hydrogens is 454 g/mol. The molecule has 1 unspecified atom stereocenters. The van der Waals surface area contributed by atoms with E-state index < -0.39 is 4.92 Å². The third-order valence-electron chi connectivity index (χ3n) is 5.90. The molecule has 7 heteroatoms. The molecule has 4 rings (SSSR count). The lowest BCUT2D eigenvalue weighted by Gasteiger charge is -2.26. The van der Waals surface area contributed by atoms with Gasteiger partial charge in [-0.2, -0.15) is 0 Å². The second kappa shape index (κ2) is 9.78. The van der Waals surface area contributed by atoms with Gasteiger partial charge in [-0.1, -0.05) is 88.7 Å². The molecule has 4 aromatic rings. The highest BCUT2D eigenvalue weighted by molar-refractivity contribution is 6.87. The van der Waals surface area contributed by atoms with Crippen LogP contribution in [0.5, 0.6) is 0 Å². The largest absolute Gasteiger partial charge is 0.272 e. The zero-order chi connectivity index (χ0) is 23.5. The van der Waals surface area contributed by atoms with Crippen LogP contribution >= 0.6 is 23.2 Å². The quantitative estimate of drug-likeness (QED) is 0.199. The van der Waals surface area contributed by atoms with Crippen molar-refractivity contribution < 1.29 is 4.92 Å². The molecule has 0 saturated heterocycles. The van der Waals surface area contributed by atoms with E-state index in [0.717, 1.165) is 27.6 Å². The smallest absolute Gasteiger partial charge is 0.261 e. The molecule has 3 aromatic carbocycles. The zero-order valence-corrected chi connectivity index (χ0v) is 19.7. The fourth-order valence-electron chi connectivity index (χ4n) is 4.10. The fourth-order valence-corrected chi connectivity index (χ4v) is 4.48. The molecule has 33 heavy (non-hydrogen) atoms. The maximum atomic E-state index is 11.5. The first-order valence-corrected chi connectivity index (χ1v) is 11.3. The molecule has 0 N–H and O–H groups in total. The van der Waals surface area contributed by atoms with Crippen molar-refractivity contribution in [2.45, 2.75) is 19.7 Å². The zero-order valence-electron chi connectivity index (χ0n) is 18.2. The van der Waals surface area contributed by atoms with Crippen molar-refractivity contribution in [2.24, 2.45) is 0 Å². The first kappa shape index (κ1) is 23.0. The average Bonchev–Trinajstić information content (AvgIpc) is 2.82. The van der Waals surface area contributed by atoms with Crippen LogP contribution in [-0.4, -0.2) is 16.6 Å². The molecule has 1 atom stereocenters. The van der Waals surface area contributed by atoms with Crippen molar-refractivity contribution in [1.29, 1.82) is 0 Å². The second-order valence-electron chi connectivity index (χ2n) is 8.08. The third-order valence-corrected chi connectivity index (χ3v) is 6.71. The van der Waals surface area contributed by atoms with E-state index in [-0.39, 0.29) is 18.2 Å². The van der Waals surface area contributed by atoms with Gasteiger partial charge >= 0.3 is 0 Å². The summed E-state index contributed by atoms with van der Waals surface area (Å²) in [5.74, 6) is -0.302. The summed E-state index contributed by atoms with van der Waals surface area (Å²) in [4.78, 5) is 15.7. The van der Waals surface area contributed by atoms with E-state index in [1.165, 1.54) is 12.3 Å². The van der Waals surface area contributed by atoms with Crippen molar-refractivity contribution in [3.63, 3.8) is 0 Å². The van der Waals surface area contributed by atoms with Gasteiger partial charge in [-0.3, -0.25) is 15.1 Å². The number of aromatic nitrogens is 1. The van der Waals surface area contributed by atoms with Crippen molar-refractivity contribution in [1.82, 2.24) is 4.98 Å². The van der Waals surface area contributed by atoms with Crippen LogP contribution in [0.2, 0.25) is 10.0 Å². The lowest BCUT2D eigenvalue weighted by Crippen LogP contribution is -2.48. The van der Waals surface area contributed by atoms with Crippen molar-refractivity contribution in [2.75, 3.05) is 0 Å². The number of rotatable bonds is 6. The molecule has 4 nitrogen and oxygen atoms in total. The minimum atomic E-state index is -0.395. The van der Waals surface area contributed by atoms with E-state index >= 15 is 0 Å². The summed E-state index contributed by atoms with van der Waals surface area (Å²) in [7, 11) is 0. The van der Waals surface area contributed by atoms with Crippen molar-refractivity contribution in [3.05, 3.63) is 128 Å². The molecule has 0 aliphatic rings. The maximum absolute atomic E-state index is 11.5. The van der Waals surface area contributed by atoms with Gasteiger partial charge in [-0.25, -0.2) is 0 Å². The molecule has 0 radical (unpaired) electrons.